The zero-order valence-corrected chi connectivity index (χ0v) is 20.7. The maximum absolute atomic E-state index is 11.1. The quantitative estimate of drug-likeness (QED) is 0.358. The number of hydrogen-bond acceptors (Lipinski definition) is 6. The van der Waals surface area contributed by atoms with E-state index in [1.165, 1.54) is 57.8 Å². The molecule has 1 aliphatic heterocycles. The smallest absolute Gasteiger partial charge is 0.306 e. The Kier molecular flexibility index (Phi) is 9.86. The van der Waals surface area contributed by atoms with E-state index in [9.17, 15) is 4.79 Å². The average Bonchev–Trinajstić information content (AvgIpc) is 2.86. The van der Waals surface area contributed by atoms with Crippen LogP contribution in [-0.4, -0.2) is 62.3 Å². The van der Waals surface area contributed by atoms with Crippen molar-refractivity contribution in [3.63, 3.8) is 0 Å². The van der Waals surface area contributed by atoms with Crippen molar-refractivity contribution < 1.29 is 14.6 Å². The fraction of sp³-hybridized carbons (Fsp3) is 0.962. The van der Waals surface area contributed by atoms with Gasteiger partial charge in [0.25, 0.3) is 0 Å². The minimum atomic E-state index is -0.609. The van der Waals surface area contributed by atoms with Gasteiger partial charge in [0, 0.05) is 32.3 Å². The number of carbonyl (C=O) groups is 1. The van der Waals surface area contributed by atoms with Crippen molar-refractivity contribution >= 4 is 5.97 Å². The zero-order chi connectivity index (χ0) is 23.0. The van der Waals surface area contributed by atoms with Crippen LogP contribution in [0.15, 0.2) is 0 Å². The lowest BCUT2D eigenvalue weighted by Crippen LogP contribution is -2.63. The lowest BCUT2D eigenvalue weighted by molar-refractivity contribution is -0.142. The molecule has 7 heteroatoms. The van der Waals surface area contributed by atoms with E-state index in [0.717, 1.165) is 63.1 Å². The van der Waals surface area contributed by atoms with E-state index in [1.54, 1.807) is 0 Å². The third-order valence-electron chi connectivity index (χ3n) is 9.20. The average molecular weight is 465 g/mol. The molecule has 0 aromatic rings. The monoisotopic (exact) mass is 464 g/mol. The SMILES string of the molecule is COC1CCC(C2CNC(NC3CCC(CCNC4CCC(C(=O)O)CC4)CC3)NC2)CC1. The first kappa shape index (κ1) is 25.4. The molecule has 7 nitrogen and oxygen atoms in total. The topological polar surface area (TPSA) is 94.7 Å². The van der Waals surface area contributed by atoms with Crippen LogP contribution < -0.4 is 21.3 Å². The Balaban J connectivity index is 1.04. The summed E-state index contributed by atoms with van der Waals surface area (Å²) in [4.78, 5) is 11.1. The molecule has 0 aromatic heterocycles. The molecule has 4 rings (SSSR count). The molecule has 0 aromatic carbocycles. The van der Waals surface area contributed by atoms with Crippen LogP contribution in [0.1, 0.15) is 83.5 Å². The van der Waals surface area contributed by atoms with Gasteiger partial charge in [0.1, 0.15) is 6.29 Å². The van der Waals surface area contributed by atoms with E-state index in [2.05, 4.69) is 21.3 Å². The van der Waals surface area contributed by atoms with Crippen molar-refractivity contribution in [3.05, 3.63) is 0 Å². The summed E-state index contributed by atoms with van der Waals surface area (Å²) in [6, 6.07) is 1.15. The highest BCUT2D eigenvalue weighted by Crippen LogP contribution is 2.32. The fourth-order valence-electron chi connectivity index (χ4n) is 6.82. The number of carboxylic acids is 1. The Labute approximate surface area is 200 Å². The normalized spacial score (nSPS) is 40.4. The first-order valence-corrected chi connectivity index (χ1v) is 13.8. The molecule has 0 atom stereocenters. The Bertz CT molecular complexity index is 574. The van der Waals surface area contributed by atoms with E-state index in [0.29, 0.717) is 18.2 Å². The lowest BCUT2D eigenvalue weighted by atomic mass is 9.78. The maximum Gasteiger partial charge on any atom is 0.306 e. The van der Waals surface area contributed by atoms with E-state index < -0.39 is 5.97 Å². The summed E-state index contributed by atoms with van der Waals surface area (Å²) >= 11 is 0. The van der Waals surface area contributed by atoms with Crippen molar-refractivity contribution in [1.29, 1.82) is 0 Å². The summed E-state index contributed by atoms with van der Waals surface area (Å²) in [5.74, 6) is 1.71. The van der Waals surface area contributed by atoms with Gasteiger partial charge in [-0.2, -0.15) is 0 Å². The molecule has 0 amide bonds. The van der Waals surface area contributed by atoms with Gasteiger partial charge in [0.05, 0.1) is 12.0 Å². The summed E-state index contributed by atoms with van der Waals surface area (Å²) in [5, 5.41) is 24.1. The van der Waals surface area contributed by atoms with Gasteiger partial charge in [-0.15, -0.1) is 0 Å². The first-order valence-electron chi connectivity index (χ1n) is 13.8. The number of carboxylic acid groups (broad SMARTS) is 1. The van der Waals surface area contributed by atoms with Crippen molar-refractivity contribution in [1.82, 2.24) is 21.3 Å². The van der Waals surface area contributed by atoms with Gasteiger partial charge in [-0.3, -0.25) is 20.7 Å². The second-order valence-corrected chi connectivity index (χ2v) is 11.3. The molecule has 1 heterocycles. The number of aliphatic carboxylic acids is 1. The molecule has 0 unspecified atom stereocenters. The number of hydrogen-bond donors (Lipinski definition) is 5. The van der Waals surface area contributed by atoms with Crippen LogP contribution in [0.25, 0.3) is 0 Å². The van der Waals surface area contributed by atoms with Gasteiger partial charge >= 0.3 is 5.97 Å². The largest absolute Gasteiger partial charge is 0.481 e. The van der Waals surface area contributed by atoms with Crippen LogP contribution in [0.2, 0.25) is 0 Å². The van der Waals surface area contributed by atoms with Crippen molar-refractivity contribution in [2.24, 2.45) is 23.7 Å². The number of rotatable bonds is 9. The molecule has 33 heavy (non-hydrogen) atoms. The standard InChI is InChI=1S/C26H48N4O3/c1-33-24-12-6-19(7-13-24)21-16-28-26(29-17-21)30-23-8-2-18(3-9-23)14-15-27-22-10-4-20(5-11-22)25(31)32/h18-24,26-30H,2-17H2,1H3,(H,31,32). The maximum atomic E-state index is 11.1. The molecule has 4 fully saturated rings. The van der Waals surface area contributed by atoms with Gasteiger partial charge in [-0.1, -0.05) is 0 Å². The van der Waals surface area contributed by atoms with Gasteiger partial charge in [0.15, 0.2) is 0 Å². The Morgan fingerprint density at radius 1 is 0.848 bits per heavy atom. The molecular weight excluding hydrogens is 416 g/mol. The summed E-state index contributed by atoms with van der Waals surface area (Å²) in [5.41, 5.74) is 0. The molecule has 0 bridgehead atoms. The molecule has 4 aliphatic rings. The summed E-state index contributed by atoms with van der Waals surface area (Å²) in [6.07, 6.45) is 16.0. The van der Waals surface area contributed by atoms with E-state index in [4.69, 9.17) is 9.84 Å². The number of ether oxygens (including phenoxy) is 1. The Morgan fingerprint density at radius 3 is 2.09 bits per heavy atom. The fourth-order valence-corrected chi connectivity index (χ4v) is 6.82. The molecule has 0 radical (unpaired) electrons. The summed E-state index contributed by atoms with van der Waals surface area (Å²) in [6.45, 7) is 3.34. The van der Waals surface area contributed by atoms with Crippen LogP contribution in [0.4, 0.5) is 0 Å². The highest BCUT2D eigenvalue weighted by atomic mass is 16.5. The van der Waals surface area contributed by atoms with Gasteiger partial charge in [-0.25, -0.2) is 0 Å². The predicted octanol–water partition coefficient (Wildman–Crippen LogP) is 3.06. The van der Waals surface area contributed by atoms with Crippen molar-refractivity contribution in [3.8, 4) is 0 Å². The van der Waals surface area contributed by atoms with Crippen LogP contribution in [0, 0.1) is 23.7 Å². The highest BCUT2D eigenvalue weighted by molar-refractivity contribution is 5.70. The molecular formula is C26H48N4O3. The zero-order valence-electron chi connectivity index (χ0n) is 20.7. The molecule has 3 aliphatic carbocycles. The molecule has 3 saturated carbocycles. The first-order chi connectivity index (χ1) is 16.1. The van der Waals surface area contributed by atoms with Crippen LogP contribution in [0.3, 0.4) is 0 Å². The Morgan fingerprint density at radius 2 is 1.48 bits per heavy atom. The summed E-state index contributed by atoms with van der Waals surface area (Å²) < 4.78 is 5.53. The third kappa shape index (κ3) is 7.63. The van der Waals surface area contributed by atoms with Crippen LogP contribution in [0.5, 0.6) is 0 Å². The van der Waals surface area contributed by atoms with Crippen LogP contribution >= 0.6 is 0 Å². The molecule has 190 valence electrons. The highest BCUT2D eigenvalue weighted by Gasteiger charge is 2.32. The number of nitrogens with one attached hydrogen (secondary N) is 4. The third-order valence-corrected chi connectivity index (χ3v) is 9.20. The van der Waals surface area contributed by atoms with Gasteiger partial charge < -0.3 is 15.2 Å². The van der Waals surface area contributed by atoms with E-state index in [-0.39, 0.29) is 12.2 Å². The second kappa shape index (κ2) is 12.8. The van der Waals surface area contributed by atoms with Crippen molar-refractivity contribution in [2.45, 2.75) is 108 Å². The van der Waals surface area contributed by atoms with E-state index >= 15 is 0 Å². The minimum absolute atomic E-state index is 0.110. The molecule has 0 spiro atoms. The van der Waals surface area contributed by atoms with Crippen LogP contribution in [-0.2, 0) is 9.53 Å². The van der Waals surface area contributed by atoms with Gasteiger partial charge in [-0.05, 0) is 108 Å². The Hall–Kier alpha value is -0.730. The second-order valence-electron chi connectivity index (χ2n) is 11.3. The molecule has 1 saturated heterocycles. The van der Waals surface area contributed by atoms with Gasteiger partial charge in [0.2, 0.25) is 0 Å². The lowest BCUT2D eigenvalue weighted by Gasteiger charge is -2.40. The summed E-state index contributed by atoms with van der Waals surface area (Å²) in [7, 11) is 1.85. The molecule has 5 N–H and O–H groups in total. The minimum Gasteiger partial charge on any atom is -0.481 e. The van der Waals surface area contributed by atoms with Crippen molar-refractivity contribution in [2.75, 3.05) is 26.7 Å². The van der Waals surface area contributed by atoms with E-state index in [1.807, 2.05) is 7.11 Å². The predicted molar refractivity (Wildman–Crippen MR) is 131 cm³/mol. The number of methoxy groups -OCH3 is 1.